The van der Waals surface area contributed by atoms with Crippen molar-refractivity contribution in [2.45, 2.75) is 24.6 Å². The molecule has 3 nitrogen and oxygen atoms in total. The van der Waals surface area contributed by atoms with E-state index < -0.39 is 0 Å². The number of nitrogens with zero attached hydrogens (tertiary/aromatic N) is 1. The van der Waals surface area contributed by atoms with Gasteiger partial charge in [-0.15, -0.1) is 0 Å². The zero-order valence-electron chi connectivity index (χ0n) is 9.82. The van der Waals surface area contributed by atoms with E-state index in [2.05, 4.69) is 15.9 Å². The van der Waals surface area contributed by atoms with Crippen molar-refractivity contribution in [1.29, 1.82) is 0 Å². The van der Waals surface area contributed by atoms with Crippen molar-refractivity contribution in [3.8, 4) is 5.75 Å². The number of likely N-dealkylation sites (tertiary alicyclic amines) is 1. The van der Waals surface area contributed by atoms with Gasteiger partial charge in [-0.1, -0.05) is 22.0 Å². The van der Waals surface area contributed by atoms with Gasteiger partial charge in [0.15, 0.2) is 0 Å². The van der Waals surface area contributed by atoms with Crippen molar-refractivity contribution < 1.29 is 9.90 Å². The highest BCUT2D eigenvalue weighted by Gasteiger charge is 2.22. The summed E-state index contributed by atoms with van der Waals surface area (Å²) in [6.45, 7) is 3.38. The topological polar surface area (TPSA) is 40.5 Å². The van der Waals surface area contributed by atoms with E-state index in [1.54, 1.807) is 18.2 Å². The van der Waals surface area contributed by atoms with E-state index in [0.717, 1.165) is 31.5 Å². The number of aromatic hydroxyl groups is 1. The molecular weight excluding hydrogens is 282 g/mol. The van der Waals surface area contributed by atoms with Gasteiger partial charge in [0, 0.05) is 23.5 Å². The molecule has 0 radical (unpaired) electrons. The molecule has 4 heteroatoms. The normalized spacial score (nSPS) is 17.2. The third-order valence-electron chi connectivity index (χ3n) is 3.17. The van der Waals surface area contributed by atoms with Gasteiger partial charge in [-0.25, -0.2) is 0 Å². The number of amides is 1. The molecule has 0 unspecified atom stereocenters. The predicted molar refractivity (Wildman–Crippen MR) is 70.7 cm³/mol. The summed E-state index contributed by atoms with van der Waals surface area (Å²) in [5, 5.41) is 9.61. The summed E-state index contributed by atoms with van der Waals surface area (Å²) in [4.78, 5) is 14.5. The first-order valence-corrected chi connectivity index (χ1v) is 6.72. The van der Waals surface area contributed by atoms with Crippen LogP contribution < -0.4 is 0 Å². The Hall–Kier alpha value is -1.03. The molecule has 1 N–H and O–H groups in total. The maximum Gasteiger partial charge on any atom is 0.253 e. The van der Waals surface area contributed by atoms with Crippen molar-refractivity contribution in [2.24, 2.45) is 0 Å². The standard InChI is InChI=1S/C13H16BrNO2/c1-9-2-3-10(8-12(9)16)13(17)15-6-4-11(14)5-7-15/h2-3,8,11,16H,4-7H2,1H3. The number of carbonyl (C=O) groups excluding carboxylic acids is 1. The van der Waals surface area contributed by atoms with Crippen LogP contribution in [0.3, 0.4) is 0 Å². The van der Waals surface area contributed by atoms with Gasteiger partial charge in [-0.05, 0) is 37.5 Å². The summed E-state index contributed by atoms with van der Waals surface area (Å²) in [5.74, 6) is 0.200. The average molecular weight is 298 g/mol. The third kappa shape index (κ3) is 2.80. The summed E-state index contributed by atoms with van der Waals surface area (Å²) in [5.41, 5.74) is 1.36. The molecule has 0 aliphatic carbocycles. The molecule has 1 fully saturated rings. The molecular formula is C13H16BrNO2. The summed E-state index contributed by atoms with van der Waals surface area (Å²) in [7, 11) is 0. The molecule has 0 spiro atoms. The van der Waals surface area contributed by atoms with E-state index in [9.17, 15) is 9.90 Å². The number of phenolic OH excluding ortho intramolecular Hbond substituents is 1. The van der Waals surface area contributed by atoms with E-state index in [1.807, 2.05) is 11.8 Å². The molecule has 0 aromatic heterocycles. The predicted octanol–water partition coefficient (Wildman–Crippen LogP) is 2.70. The van der Waals surface area contributed by atoms with Crippen LogP contribution in [0.4, 0.5) is 0 Å². The van der Waals surface area contributed by atoms with Crippen molar-refractivity contribution >= 4 is 21.8 Å². The molecule has 1 amide bonds. The smallest absolute Gasteiger partial charge is 0.253 e. The number of halogens is 1. The van der Waals surface area contributed by atoms with E-state index in [-0.39, 0.29) is 11.7 Å². The average Bonchev–Trinajstić information content (AvgIpc) is 2.33. The van der Waals surface area contributed by atoms with Crippen LogP contribution in [0.2, 0.25) is 0 Å². The number of phenols is 1. The van der Waals surface area contributed by atoms with Crippen LogP contribution in [0.1, 0.15) is 28.8 Å². The zero-order valence-corrected chi connectivity index (χ0v) is 11.4. The quantitative estimate of drug-likeness (QED) is 0.810. The highest BCUT2D eigenvalue weighted by molar-refractivity contribution is 9.09. The summed E-state index contributed by atoms with van der Waals surface area (Å²) < 4.78 is 0. The second-order valence-corrected chi connectivity index (χ2v) is 5.76. The second kappa shape index (κ2) is 5.08. The Morgan fingerprint density at radius 2 is 2.06 bits per heavy atom. The van der Waals surface area contributed by atoms with Crippen LogP contribution in [0, 0.1) is 6.92 Å². The minimum atomic E-state index is 0.0136. The minimum Gasteiger partial charge on any atom is -0.508 e. The highest BCUT2D eigenvalue weighted by atomic mass is 79.9. The van der Waals surface area contributed by atoms with Crippen LogP contribution in [-0.4, -0.2) is 33.8 Å². The first-order valence-electron chi connectivity index (χ1n) is 5.81. The molecule has 92 valence electrons. The van der Waals surface area contributed by atoms with E-state index in [4.69, 9.17) is 0 Å². The Morgan fingerprint density at radius 3 is 2.65 bits per heavy atom. The Kier molecular flexibility index (Phi) is 3.72. The molecule has 0 bridgehead atoms. The molecule has 1 aliphatic rings. The lowest BCUT2D eigenvalue weighted by molar-refractivity contribution is 0.0728. The van der Waals surface area contributed by atoms with Gasteiger partial charge < -0.3 is 10.0 Å². The van der Waals surface area contributed by atoms with E-state index in [0.29, 0.717) is 10.4 Å². The maximum absolute atomic E-state index is 12.2. The van der Waals surface area contributed by atoms with E-state index >= 15 is 0 Å². The minimum absolute atomic E-state index is 0.0136. The molecule has 1 aliphatic heterocycles. The van der Waals surface area contributed by atoms with Crippen molar-refractivity contribution in [3.05, 3.63) is 29.3 Å². The third-order valence-corrected chi connectivity index (χ3v) is 4.08. The maximum atomic E-state index is 12.2. The molecule has 2 rings (SSSR count). The fourth-order valence-electron chi connectivity index (χ4n) is 1.98. The fourth-order valence-corrected chi connectivity index (χ4v) is 2.39. The number of hydrogen-bond acceptors (Lipinski definition) is 2. The van der Waals surface area contributed by atoms with Crippen LogP contribution in [0.15, 0.2) is 18.2 Å². The van der Waals surface area contributed by atoms with Crippen LogP contribution in [0.5, 0.6) is 5.75 Å². The van der Waals surface area contributed by atoms with Gasteiger partial charge in [0.1, 0.15) is 5.75 Å². The van der Waals surface area contributed by atoms with Gasteiger partial charge >= 0.3 is 0 Å². The number of benzene rings is 1. The molecule has 1 saturated heterocycles. The number of carbonyl (C=O) groups is 1. The lowest BCUT2D eigenvalue weighted by Gasteiger charge is -2.29. The van der Waals surface area contributed by atoms with Crippen molar-refractivity contribution in [2.75, 3.05) is 13.1 Å². The van der Waals surface area contributed by atoms with Crippen molar-refractivity contribution in [3.63, 3.8) is 0 Å². The van der Waals surface area contributed by atoms with E-state index in [1.165, 1.54) is 0 Å². The Labute approximate surface area is 110 Å². The Morgan fingerprint density at radius 1 is 1.41 bits per heavy atom. The molecule has 17 heavy (non-hydrogen) atoms. The molecule has 1 aromatic carbocycles. The summed E-state index contributed by atoms with van der Waals surface area (Å²) >= 11 is 3.56. The van der Waals surface area contributed by atoms with Crippen LogP contribution in [-0.2, 0) is 0 Å². The fraction of sp³-hybridized carbons (Fsp3) is 0.462. The van der Waals surface area contributed by atoms with Crippen LogP contribution >= 0.6 is 15.9 Å². The monoisotopic (exact) mass is 297 g/mol. The first-order chi connectivity index (χ1) is 8.08. The number of hydrogen-bond donors (Lipinski definition) is 1. The lowest BCUT2D eigenvalue weighted by Crippen LogP contribution is -2.38. The molecule has 1 heterocycles. The number of aryl methyl sites for hydroxylation is 1. The molecule has 0 atom stereocenters. The Bertz CT molecular complexity index is 425. The van der Waals surface area contributed by atoms with Crippen molar-refractivity contribution in [1.82, 2.24) is 4.90 Å². The SMILES string of the molecule is Cc1ccc(C(=O)N2CCC(Br)CC2)cc1O. The number of rotatable bonds is 1. The van der Waals surface area contributed by atoms with Gasteiger partial charge in [-0.3, -0.25) is 4.79 Å². The number of alkyl halides is 1. The van der Waals surface area contributed by atoms with Gasteiger partial charge in [-0.2, -0.15) is 0 Å². The Balaban J connectivity index is 2.11. The van der Waals surface area contributed by atoms with Gasteiger partial charge in [0.25, 0.3) is 5.91 Å². The number of piperidine rings is 1. The lowest BCUT2D eigenvalue weighted by atomic mass is 10.1. The molecule has 1 aromatic rings. The largest absolute Gasteiger partial charge is 0.508 e. The summed E-state index contributed by atoms with van der Waals surface area (Å²) in [6, 6.07) is 5.11. The first kappa shape index (κ1) is 12.4. The van der Waals surface area contributed by atoms with Gasteiger partial charge in [0.2, 0.25) is 0 Å². The highest BCUT2D eigenvalue weighted by Crippen LogP contribution is 2.22. The van der Waals surface area contributed by atoms with Crippen LogP contribution in [0.25, 0.3) is 0 Å². The summed E-state index contributed by atoms with van der Waals surface area (Å²) in [6.07, 6.45) is 1.98. The van der Waals surface area contributed by atoms with Gasteiger partial charge in [0.05, 0.1) is 0 Å². The zero-order chi connectivity index (χ0) is 12.4. The molecule has 0 saturated carbocycles. The second-order valence-electron chi connectivity index (χ2n) is 4.47.